The van der Waals surface area contributed by atoms with Crippen LogP contribution in [-0.2, 0) is 13.1 Å². The van der Waals surface area contributed by atoms with Gasteiger partial charge in [0.1, 0.15) is 11.9 Å². The van der Waals surface area contributed by atoms with Gasteiger partial charge in [0.05, 0.1) is 0 Å². The van der Waals surface area contributed by atoms with Crippen molar-refractivity contribution in [1.29, 1.82) is 0 Å². The van der Waals surface area contributed by atoms with Gasteiger partial charge >= 0.3 is 0 Å². The molecule has 0 radical (unpaired) electrons. The third-order valence-corrected chi connectivity index (χ3v) is 8.33. The van der Waals surface area contributed by atoms with Crippen molar-refractivity contribution < 1.29 is 9.53 Å². The lowest BCUT2D eigenvalue weighted by molar-refractivity contribution is 0.0907. The topological polar surface area (TPSA) is 44.8 Å². The molecule has 0 atom stereocenters. The smallest absolute Gasteiger partial charge is 0.251 e. The van der Waals surface area contributed by atoms with E-state index in [0.29, 0.717) is 5.56 Å². The molecule has 3 aromatic carbocycles. The van der Waals surface area contributed by atoms with Gasteiger partial charge in [-0.25, -0.2) is 0 Å². The maximum atomic E-state index is 13.0. The van der Waals surface area contributed by atoms with E-state index in [-0.39, 0.29) is 18.1 Å². The number of carbonyl (C=O) groups is 1. The maximum absolute atomic E-state index is 13.0. The van der Waals surface area contributed by atoms with E-state index < -0.39 is 0 Å². The Labute approximate surface area is 242 Å². The Morgan fingerprint density at radius 1 is 0.795 bits per heavy atom. The van der Waals surface area contributed by atoms with Gasteiger partial charge in [0.2, 0.25) is 0 Å². The number of hydrogen-bond acceptors (Lipinski definition) is 4. The molecule has 0 spiro atoms. The van der Waals surface area contributed by atoms with Crippen LogP contribution in [0.1, 0.15) is 52.7 Å². The molecule has 7 heteroatoms. The molecule has 5 nitrogen and oxygen atoms in total. The van der Waals surface area contributed by atoms with E-state index in [9.17, 15) is 4.79 Å². The van der Waals surface area contributed by atoms with Crippen LogP contribution in [0.2, 0.25) is 10.0 Å². The van der Waals surface area contributed by atoms with E-state index in [1.54, 1.807) is 0 Å². The number of aryl methyl sites for hydroxylation is 1. The van der Waals surface area contributed by atoms with Crippen LogP contribution in [0.3, 0.4) is 0 Å². The van der Waals surface area contributed by atoms with Gasteiger partial charge in [0.25, 0.3) is 5.91 Å². The summed E-state index contributed by atoms with van der Waals surface area (Å²) in [5, 5.41) is 4.79. The first-order valence-corrected chi connectivity index (χ1v) is 14.7. The Bertz CT molecular complexity index is 1230. The molecule has 2 fully saturated rings. The number of rotatable bonds is 8. The monoisotopic (exact) mass is 565 g/mol. The molecule has 3 aromatic rings. The molecule has 1 amide bonds. The minimum atomic E-state index is -0.00342. The number of likely N-dealkylation sites (tertiary alicyclic amines) is 2. The second-order valence-electron chi connectivity index (χ2n) is 10.9. The Morgan fingerprint density at radius 2 is 1.31 bits per heavy atom. The Hall–Kier alpha value is -2.57. The van der Waals surface area contributed by atoms with Gasteiger partial charge in [-0.1, -0.05) is 47.5 Å². The number of ether oxygens (including phenoxy) is 1. The lowest BCUT2D eigenvalue weighted by atomic mass is 10.0. The highest BCUT2D eigenvalue weighted by Crippen LogP contribution is 2.25. The lowest BCUT2D eigenvalue weighted by Crippen LogP contribution is -2.44. The second-order valence-corrected chi connectivity index (χ2v) is 11.7. The molecule has 5 rings (SSSR count). The number of hydrogen-bond donors (Lipinski definition) is 1. The molecule has 0 bridgehead atoms. The fraction of sp³-hybridized carbons (Fsp3) is 0.406. The summed E-state index contributed by atoms with van der Waals surface area (Å²) in [6.07, 6.45) is 4.09. The van der Waals surface area contributed by atoms with Gasteiger partial charge < -0.3 is 10.1 Å². The molecule has 39 heavy (non-hydrogen) atoms. The summed E-state index contributed by atoms with van der Waals surface area (Å²) in [5.74, 6) is 0.870. The zero-order chi connectivity index (χ0) is 27.2. The largest absolute Gasteiger partial charge is 0.490 e. The first-order chi connectivity index (χ1) is 18.9. The molecule has 2 aliphatic rings. The molecule has 1 N–H and O–H groups in total. The van der Waals surface area contributed by atoms with Crippen LogP contribution in [-0.4, -0.2) is 54.0 Å². The van der Waals surface area contributed by atoms with Crippen LogP contribution < -0.4 is 10.1 Å². The van der Waals surface area contributed by atoms with E-state index >= 15 is 0 Å². The minimum Gasteiger partial charge on any atom is -0.490 e. The highest BCUT2D eigenvalue weighted by molar-refractivity contribution is 6.30. The van der Waals surface area contributed by atoms with E-state index in [1.165, 1.54) is 11.1 Å². The number of halogens is 2. The minimum absolute atomic E-state index is 0.00342. The zero-order valence-corrected chi connectivity index (χ0v) is 24.1. The molecule has 0 aliphatic carbocycles. The third-order valence-electron chi connectivity index (χ3n) is 7.83. The fourth-order valence-corrected chi connectivity index (χ4v) is 5.74. The Morgan fingerprint density at radius 3 is 1.82 bits per heavy atom. The van der Waals surface area contributed by atoms with E-state index in [4.69, 9.17) is 27.9 Å². The summed E-state index contributed by atoms with van der Waals surface area (Å²) in [7, 11) is 0. The van der Waals surface area contributed by atoms with Crippen LogP contribution in [0.4, 0.5) is 0 Å². The highest BCUT2D eigenvalue weighted by atomic mass is 35.5. The zero-order valence-electron chi connectivity index (χ0n) is 22.5. The Kier molecular flexibility index (Phi) is 9.46. The summed E-state index contributed by atoms with van der Waals surface area (Å²) in [6, 6.07) is 22.1. The molecular weight excluding hydrogens is 529 g/mol. The number of nitrogens with zero attached hydrogens (tertiary/aromatic N) is 2. The standard InChI is InChI=1S/C32H37Cl2N3O2/c1-23-20-26(32(38)35-29-12-16-36(17-13-29)21-24-2-7-27(33)8-3-24)6-11-31(23)39-30-14-18-37(19-15-30)22-25-4-9-28(34)10-5-25/h2-11,20,29-30H,12-19,21-22H2,1H3,(H,35,38). The second kappa shape index (κ2) is 13.2. The van der Waals surface area contributed by atoms with Crippen LogP contribution in [0, 0.1) is 6.92 Å². The van der Waals surface area contributed by atoms with E-state index in [2.05, 4.69) is 39.4 Å². The lowest BCUT2D eigenvalue weighted by Gasteiger charge is -2.33. The summed E-state index contributed by atoms with van der Waals surface area (Å²) in [4.78, 5) is 17.9. The predicted octanol–water partition coefficient (Wildman–Crippen LogP) is 6.74. The molecular formula is C32H37Cl2N3O2. The van der Waals surface area contributed by atoms with Crippen LogP contribution in [0.25, 0.3) is 0 Å². The number of carbonyl (C=O) groups excluding carboxylic acids is 1. The molecule has 2 saturated heterocycles. The fourth-order valence-electron chi connectivity index (χ4n) is 5.49. The Balaban J connectivity index is 1.05. The highest BCUT2D eigenvalue weighted by Gasteiger charge is 2.23. The van der Waals surface area contributed by atoms with Gasteiger partial charge in [0, 0.05) is 60.9 Å². The molecule has 2 aliphatic heterocycles. The quantitative estimate of drug-likeness (QED) is 0.328. The average Bonchev–Trinajstić information content (AvgIpc) is 2.94. The summed E-state index contributed by atoms with van der Waals surface area (Å²) >= 11 is 12.0. The first-order valence-electron chi connectivity index (χ1n) is 13.9. The van der Waals surface area contributed by atoms with Crippen molar-refractivity contribution in [2.24, 2.45) is 0 Å². The van der Waals surface area contributed by atoms with Crippen molar-refractivity contribution in [3.05, 3.63) is 99.0 Å². The van der Waals surface area contributed by atoms with Crippen LogP contribution in [0.15, 0.2) is 66.7 Å². The summed E-state index contributed by atoms with van der Waals surface area (Å²) in [6.45, 7) is 7.83. The van der Waals surface area contributed by atoms with Crippen molar-refractivity contribution in [3.8, 4) is 5.75 Å². The van der Waals surface area contributed by atoms with Gasteiger partial charge in [-0.3, -0.25) is 14.6 Å². The van der Waals surface area contributed by atoms with Gasteiger partial charge in [0.15, 0.2) is 0 Å². The number of amides is 1. The van der Waals surface area contributed by atoms with Crippen LogP contribution in [0.5, 0.6) is 5.75 Å². The predicted molar refractivity (Wildman–Crippen MR) is 159 cm³/mol. The third kappa shape index (κ3) is 7.98. The van der Waals surface area contributed by atoms with Gasteiger partial charge in [-0.2, -0.15) is 0 Å². The molecule has 2 heterocycles. The van der Waals surface area contributed by atoms with Crippen LogP contribution >= 0.6 is 23.2 Å². The molecule has 0 aromatic heterocycles. The number of benzene rings is 3. The van der Waals surface area contributed by atoms with E-state index in [0.717, 1.165) is 86.3 Å². The van der Waals surface area contributed by atoms with Gasteiger partial charge in [-0.15, -0.1) is 0 Å². The SMILES string of the molecule is Cc1cc(C(=O)NC2CCN(Cc3ccc(Cl)cc3)CC2)ccc1OC1CCN(Cc2ccc(Cl)cc2)CC1. The maximum Gasteiger partial charge on any atom is 0.251 e. The normalized spacial score (nSPS) is 17.7. The number of nitrogens with one attached hydrogen (secondary N) is 1. The average molecular weight is 567 g/mol. The molecule has 206 valence electrons. The number of piperidine rings is 2. The van der Waals surface area contributed by atoms with Crippen molar-refractivity contribution in [2.45, 2.75) is 57.8 Å². The summed E-state index contributed by atoms with van der Waals surface area (Å²) < 4.78 is 6.36. The van der Waals surface area contributed by atoms with E-state index in [1.807, 2.05) is 49.4 Å². The van der Waals surface area contributed by atoms with Crippen molar-refractivity contribution in [1.82, 2.24) is 15.1 Å². The van der Waals surface area contributed by atoms with Crippen molar-refractivity contribution >= 4 is 29.1 Å². The molecule has 0 unspecified atom stereocenters. The van der Waals surface area contributed by atoms with Gasteiger partial charge in [-0.05, 0) is 91.8 Å². The summed E-state index contributed by atoms with van der Waals surface area (Å²) in [5.41, 5.74) is 4.25. The first kappa shape index (κ1) is 28.0. The molecule has 0 saturated carbocycles. The van der Waals surface area contributed by atoms with Crippen molar-refractivity contribution in [3.63, 3.8) is 0 Å². The van der Waals surface area contributed by atoms with Crippen molar-refractivity contribution in [2.75, 3.05) is 26.2 Å².